The van der Waals surface area contributed by atoms with Gasteiger partial charge in [0.2, 0.25) is 0 Å². The highest BCUT2D eigenvalue weighted by Gasteiger charge is 2.19. The lowest BCUT2D eigenvalue weighted by Crippen LogP contribution is -2.38. The van der Waals surface area contributed by atoms with Gasteiger partial charge in [0.1, 0.15) is 0 Å². The number of likely N-dealkylation sites (tertiary alicyclic amines) is 2. The van der Waals surface area contributed by atoms with Crippen molar-refractivity contribution in [3.05, 3.63) is 0 Å². The minimum Gasteiger partial charge on any atom is -0.377 e. The summed E-state index contributed by atoms with van der Waals surface area (Å²) in [6.07, 6.45) is 7.10. The fourth-order valence-electron chi connectivity index (χ4n) is 3.12. The van der Waals surface area contributed by atoms with Crippen LogP contribution in [0.2, 0.25) is 0 Å². The molecule has 3 nitrogen and oxygen atoms in total. The Hall–Kier alpha value is -0.120. The second-order valence-electron chi connectivity index (χ2n) is 6.07. The van der Waals surface area contributed by atoms with Gasteiger partial charge in [0.05, 0.1) is 12.7 Å². The smallest absolute Gasteiger partial charge is 0.0600 e. The summed E-state index contributed by atoms with van der Waals surface area (Å²) in [5.74, 6) is 0.982. The molecule has 0 aromatic rings. The number of hydrogen-bond donors (Lipinski definition) is 0. The van der Waals surface area contributed by atoms with Gasteiger partial charge in [-0.25, -0.2) is 0 Å². The lowest BCUT2D eigenvalue weighted by molar-refractivity contribution is -0.000735. The maximum absolute atomic E-state index is 6.02. The van der Waals surface area contributed by atoms with Crippen LogP contribution in [0.4, 0.5) is 0 Å². The van der Waals surface area contributed by atoms with Crippen molar-refractivity contribution in [3.8, 4) is 0 Å². The summed E-state index contributed by atoms with van der Waals surface area (Å²) in [6.45, 7) is 9.38. The summed E-state index contributed by atoms with van der Waals surface area (Å²) in [6, 6.07) is 0. The molecular formula is C15H30N2O. The molecule has 0 amide bonds. The van der Waals surface area contributed by atoms with E-state index < -0.39 is 0 Å². The van der Waals surface area contributed by atoms with Gasteiger partial charge in [0, 0.05) is 19.6 Å². The summed E-state index contributed by atoms with van der Waals surface area (Å²) in [7, 11) is 2.20. The molecule has 0 unspecified atom stereocenters. The normalized spacial score (nSPS) is 25.7. The predicted octanol–water partition coefficient (Wildman–Crippen LogP) is 2.22. The molecule has 0 N–H and O–H groups in total. The van der Waals surface area contributed by atoms with Crippen molar-refractivity contribution in [1.29, 1.82) is 0 Å². The molecule has 0 saturated carbocycles. The van der Waals surface area contributed by atoms with E-state index in [9.17, 15) is 0 Å². The Morgan fingerprint density at radius 1 is 1.00 bits per heavy atom. The second kappa shape index (κ2) is 7.46. The van der Waals surface area contributed by atoms with E-state index in [0.717, 1.165) is 19.1 Å². The van der Waals surface area contributed by atoms with Crippen LogP contribution in [0.1, 0.15) is 39.0 Å². The first-order chi connectivity index (χ1) is 8.78. The molecule has 0 aromatic heterocycles. The summed E-state index contributed by atoms with van der Waals surface area (Å²) in [4.78, 5) is 4.98. The molecule has 0 bridgehead atoms. The predicted molar refractivity (Wildman–Crippen MR) is 75.9 cm³/mol. The molecule has 3 heteroatoms. The molecule has 2 rings (SSSR count). The molecule has 0 spiro atoms. The van der Waals surface area contributed by atoms with E-state index in [0.29, 0.717) is 6.10 Å². The standard InChI is InChI=1S/C15H30N2O/c1-3-14-4-10-17(11-5-14)12-13-18-15-6-8-16(2)9-7-15/h14-15H,3-13H2,1-2H3. The average molecular weight is 254 g/mol. The van der Waals surface area contributed by atoms with Crippen molar-refractivity contribution in [1.82, 2.24) is 9.80 Å². The highest BCUT2D eigenvalue weighted by Crippen LogP contribution is 2.19. The molecule has 2 heterocycles. The number of ether oxygens (including phenoxy) is 1. The fraction of sp³-hybridized carbons (Fsp3) is 1.00. The molecule has 0 radical (unpaired) electrons. The van der Waals surface area contributed by atoms with Crippen LogP contribution in [0.15, 0.2) is 0 Å². The third-order valence-electron chi connectivity index (χ3n) is 4.71. The third kappa shape index (κ3) is 4.52. The van der Waals surface area contributed by atoms with Crippen molar-refractivity contribution in [2.75, 3.05) is 46.4 Å². The molecule has 0 atom stereocenters. The highest BCUT2D eigenvalue weighted by atomic mass is 16.5. The van der Waals surface area contributed by atoms with Gasteiger partial charge in [-0.1, -0.05) is 13.3 Å². The van der Waals surface area contributed by atoms with Gasteiger partial charge >= 0.3 is 0 Å². The van der Waals surface area contributed by atoms with Gasteiger partial charge < -0.3 is 14.5 Å². The molecule has 2 aliphatic rings. The quantitative estimate of drug-likeness (QED) is 0.748. The first-order valence-electron chi connectivity index (χ1n) is 7.80. The van der Waals surface area contributed by atoms with Crippen molar-refractivity contribution < 1.29 is 4.74 Å². The Labute approximate surface area is 112 Å². The van der Waals surface area contributed by atoms with Crippen molar-refractivity contribution in [3.63, 3.8) is 0 Å². The number of nitrogens with zero attached hydrogens (tertiary/aromatic N) is 2. The maximum Gasteiger partial charge on any atom is 0.0600 e. The summed E-state index contributed by atoms with van der Waals surface area (Å²) >= 11 is 0. The van der Waals surface area contributed by atoms with Crippen LogP contribution in [-0.2, 0) is 4.74 Å². The molecular weight excluding hydrogens is 224 g/mol. The molecule has 18 heavy (non-hydrogen) atoms. The fourth-order valence-corrected chi connectivity index (χ4v) is 3.12. The number of piperidine rings is 2. The second-order valence-corrected chi connectivity index (χ2v) is 6.07. The molecule has 2 fully saturated rings. The van der Waals surface area contributed by atoms with Gasteiger partial charge in [-0.2, -0.15) is 0 Å². The molecule has 0 aromatic carbocycles. The Bertz CT molecular complexity index is 219. The highest BCUT2D eigenvalue weighted by molar-refractivity contribution is 4.72. The number of hydrogen-bond acceptors (Lipinski definition) is 3. The first kappa shape index (κ1) is 14.3. The summed E-state index contributed by atoms with van der Waals surface area (Å²) in [5.41, 5.74) is 0. The Kier molecular flexibility index (Phi) is 5.93. The van der Waals surface area contributed by atoms with Crippen molar-refractivity contribution in [2.24, 2.45) is 5.92 Å². The minimum absolute atomic E-state index is 0.523. The monoisotopic (exact) mass is 254 g/mol. The zero-order valence-corrected chi connectivity index (χ0v) is 12.2. The van der Waals surface area contributed by atoms with E-state index in [1.54, 1.807) is 0 Å². The Morgan fingerprint density at radius 3 is 2.28 bits per heavy atom. The van der Waals surface area contributed by atoms with E-state index in [1.807, 2.05) is 0 Å². The van der Waals surface area contributed by atoms with Crippen LogP contribution in [0.3, 0.4) is 0 Å². The lowest BCUT2D eigenvalue weighted by Gasteiger charge is -2.33. The lowest BCUT2D eigenvalue weighted by atomic mass is 9.94. The van der Waals surface area contributed by atoms with Gasteiger partial charge in [-0.3, -0.25) is 0 Å². The maximum atomic E-state index is 6.02. The Balaban J connectivity index is 1.53. The van der Waals surface area contributed by atoms with Crippen LogP contribution in [0, 0.1) is 5.92 Å². The molecule has 106 valence electrons. The van der Waals surface area contributed by atoms with Gasteiger partial charge in [0.15, 0.2) is 0 Å². The molecule has 0 aliphatic carbocycles. The summed E-state index contributed by atoms with van der Waals surface area (Å²) < 4.78 is 6.02. The largest absolute Gasteiger partial charge is 0.377 e. The average Bonchev–Trinajstić information content (AvgIpc) is 2.42. The zero-order chi connectivity index (χ0) is 12.8. The van der Waals surface area contributed by atoms with Gasteiger partial charge in [0.25, 0.3) is 0 Å². The topological polar surface area (TPSA) is 15.7 Å². The van der Waals surface area contributed by atoms with Crippen LogP contribution >= 0.6 is 0 Å². The van der Waals surface area contributed by atoms with Crippen LogP contribution in [-0.4, -0.2) is 62.3 Å². The molecule has 2 aliphatic heterocycles. The van der Waals surface area contributed by atoms with Crippen molar-refractivity contribution in [2.45, 2.75) is 45.1 Å². The van der Waals surface area contributed by atoms with Gasteiger partial charge in [-0.15, -0.1) is 0 Å². The Morgan fingerprint density at radius 2 is 1.67 bits per heavy atom. The van der Waals surface area contributed by atoms with E-state index >= 15 is 0 Å². The minimum atomic E-state index is 0.523. The number of rotatable bonds is 5. The zero-order valence-electron chi connectivity index (χ0n) is 12.2. The van der Waals surface area contributed by atoms with Crippen LogP contribution in [0.5, 0.6) is 0 Å². The first-order valence-corrected chi connectivity index (χ1v) is 7.80. The van der Waals surface area contributed by atoms with E-state index in [4.69, 9.17) is 4.74 Å². The van der Waals surface area contributed by atoms with E-state index in [2.05, 4.69) is 23.8 Å². The molecule has 2 saturated heterocycles. The van der Waals surface area contributed by atoms with Gasteiger partial charge in [-0.05, 0) is 51.7 Å². The third-order valence-corrected chi connectivity index (χ3v) is 4.71. The van der Waals surface area contributed by atoms with E-state index in [1.165, 1.54) is 58.3 Å². The van der Waals surface area contributed by atoms with Crippen molar-refractivity contribution >= 4 is 0 Å². The van der Waals surface area contributed by atoms with Crippen LogP contribution in [0.25, 0.3) is 0 Å². The summed E-state index contributed by atoms with van der Waals surface area (Å²) in [5, 5.41) is 0. The van der Waals surface area contributed by atoms with Crippen LogP contribution < -0.4 is 0 Å². The SMILES string of the molecule is CCC1CCN(CCOC2CCN(C)CC2)CC1. The van der Waals surface area contributed by atoms with E-state index in [-0.39, 0.29) is 0 Å².